The molecule has 0 radical (unpaired) electrons. The standard InChI is InChI=1S/C18H25N3O2/c1-6-7-10-20(3)18(22)15-12-16(21(4)19-15)14-8-9-17(23-5)13(2)11-14/h8-9,11-12H,6-7,10H2,1-5H3. The average Bonchev–Trinajstić information content (AvgIpc) is 2.93. The lowest BCUT2D eigenvalue weighted by Crippen LogP contribution is -2.28. The first-order chi connectivity index (χ1) is 11.0. The van der Waals surface area contributed by atoms with Crippen molar-refractivity contribution in [1.29, 1.82) is 0 Å². The summed E-state index contributed by atoms with van der Waals surface area (Å²) in [5, 5.41) is 4.38. The maximum Gasteiger partial charge on any atom is 0.274 e. The molecule has 0 aliphatic heterocycles. The molecule has 0 bridgehead atoms. The van der Waals surface area contributed by atoms with Crippen LogP contribution in [-0.4, -0.2) is 41.3 Å². The van der Waals surface area contributed by atoms with Gasteiger partial charge in [0.2, 0.25) is 0 Å². The van der Waals surface area contributed by atoms with E-state index in [0.29, 0.717) is 5.69 Å². The van der Waals surface area contributed by atoms with Crippen molar-refractivity contribution in [3.05, 3.63) is 35.5 Å². The van der Waals surface area contributed by atoms with Crippen LogP contribution in [0.3, 0.4) is 0 Å². The van der Waals surface area contributed by atoms with Gasteiger partial charge in [-0.05, 0) is 43.2 Å². The van der Waals surface area contributed by atoms with E-state index < -0.39 is 0 Å². The molecule has 1 aromatic heterocycles. The first-order valence-electron chi connectivity index (χ1n) is 7.92. The van der Waals surface area contributed by atoms with Gasteiger partial charge in [0.15, 0.2) is 5.69 Å². The minimum absolute atomic E-state index is 0.0365. The summed E-state index contributed by atoms with van der Waals surface area (Å²) >= 11 is 0. The molecule has 0 unspecified atom stereocenters. The first kappa shape index (κ1) is 17.1. The number of hydrogen-bond donors (Lipinski definition) is 0. The number of hydrogen-bond acceptors (Lipinski definition) is 3. The third kappa shape index (κ3) is 3.73. The lowest BCUT2D eigenvalue weighted by molar-refractivity contribution is 0.0786. The summed E-state index contributed by atoms with van der Waals surface area (Å²) in [5.74, 6) is 0.817. The molecule has 0 fully saturated rings. The molecule has 5 heteroatoms. The van der Waals surface area contributed by atoms with Crippen molar-refractivity contribution in [2.45, 2.75) is 26.7 Å². The smallest absolute Gasteiger partial charge is 0.274 e. The molecule has 0 saturated heterocycles. The zero-order valence-corrected chi connectivity index (χ0v) is 14.6. The Morgan fingerprint density at radius 2 is 2.09 bits per heavy atom. The van der Waals surface area contributed by atoms with Crippen molar-refractivity contribution in [1.82, 2.24) is 14.7 Å². The Kier molecular flexibility index (Phi) is 5.42. The topological polar surface area (TPSA) is 47.4 Å². The van der Waals surface area contributed by atoms with Crippen molar-refractivity contribution in [2.75, 3.05) is 20.7 Å². The number of aromatic nitrogens is 2. The average molecular weight is 315 g/mol. The van der Waals surface area contributed by atoms with Crippen LogP contribution in [0.15, 0.2) is 24.3 Å². The number of unbranched alkanes of at least 4 members (excludes halogenated alkanes) is 1. The van der Waals surface area contributed by atoms with Gasteiger partial charge in [-0.2, -0.15) is 5.10 Å². The molecule has 2 rings (SSSR count). The van der Waals surface area contributed by atoms with E-state index in [2.05, 4.69) is 12.0 Å². The van der Waals surface area contributed by atoms with E-state index >= 15 is 0 Å². The summed E-state index contributed by atoms with van der Waals surface area (Å²) in [6.07, 6.45) is 2.07. The summed E-state index contributed by atoms with van der Waals surface area (Å²) in [5.41, 5.74) is 3.48. The van der Waals surface area contributed by atoms with Gasteiger partial charge in [0.05, 0.1) is 12.8 Å². The minimum Gasteiger partial charge on any atom is -0.496 e. The number of methoxy groups -OCH3 is 1. The van der Waals surface area contributed by atoms with Crippen LogP contribution in [-0.2, 0) is 7.05 Å². The predicted molar refractivity (Wildman–Crippen MR) is 91.8 cm³/mol. The first-order valence-corrected chi connectivity index (χ1v) is 7.92. The number of carbonyl (C=O) groups is 1. The van der Waals surface area contributed by atoms with Gasteiger partial charge in [-0.1, -0.05) is 13.3 Å². The van der Waals surface area contributed by atoms with E-state index in [0.717, 1.165) is 42.0 Å². The van der Waals surface area contributed by atoms with Gasteiger partial charge in [0, 0.05) is 26.2 Å². The molecule has 2 aromatic rings. The highest BCUT2D eigenvalue weighted by Gasteiger charge is 2.17. The Morgan fingerprint density at radius 3 is 2.70 bits per heavy atom. The third-order valence-corrected chi connectivity index (χ3v) is 3.98. The highest BCUT2D eigenvalue weighted by atomic mass is 16.5. The van der Waals surface area contributed by atoms with Crippen molar-refractivity contribution in [2.24, 2.45) is 7.05 Å². The number of rotatable bonds is 6. The van der Waals surface area contributed by atoms with Gasteiger partial charge in [-0.3, -0.25) is 9.48 Å². The van der Waals surface area contributed by atoms with Gasteiger partial charge < -0.3 is 9.64 Å². The number of carbonyl (C=O) groups excluding carboxylic acids is 1. The predicted octanol–water partition coefficient (Wildman–Crippen LogP) is 3.28. The molecule has 5 nitrogen and oxygen atoms in total. The molecule has 0 spiro atoms. The van der Waals surface area contributed by atoms with E-state index in [1.807, 2.05) is 45.3 Å². The van der Waals surface area contributed by atoms with Crippen molar-refractivity contribution >= 4 is 5.91 Å². The van der Waals surface area contributed by atoms with Gasteiger partial charge in [-0.25, -0.2) is 0 Å². The van der Waals surface area contributed by atoms with Crippen molar-refractivity contribution in [3.8, 4) is 17.0 Å². The van der Waals surface area contributed by atoms with E-state index in [1.165, 1.54) is 0 Å². The summed E-state index contributed by atoms with van der Waals surface area (Å²) in [6, 6.07) is 7.82. The molecule has 0 saturated carbocycles. The summed E-state index contributed by atoms with van der Waals surface area (Å²) in [4.78, 5) is 14.2. The fourth-order valence-corrected chi connectivity index (χ4v) is 2.57. The molecule has 124 valence electrons. The third-order valence-electron chi connectivity index (χ3n) is 3.98. The lowest BCUT2D eigenvalue weighted by Gasteiger charge is -2.14. The van der Waals surface area contributed by atoms with Crippen LogP contribution in [0.25, 0.3) is 11.3 Å². The van der Waals surface area contributed by atoms with Crippen LogP contribution in [0.2, 0.25) is 0 Å². The zero-order valence-electron chi connectivity index (χ0n) is 14.6. The second-order valence-electron chi connectivity index (χ2n) is 5.80. The van der Waals surface area contributed by atoms with Crippen LogP contribution in [0.5, 0.6) is 5.75 Å². The van der Waals surface area contributed by atoms with Crippen LogP contribution >= 0.6 is 0 Å². The molecule has 1 amide bonds. The molecule has 23 heavy (non-hydrogen) atoms. The minimum atomic E-state index is -0.0365. The fourth-order valence-electron chi connectivity index (χ4n) is 2.57. The summed E-state index contributed by atoms with van der Waals surface area (Å²) in [7, 11) is 5.34. The quantitative estimate of drug-likeness (QED) is 0.822. The Bertz CT molecular complexity index is 692. The Balaban J connectivity index is 2.27. The highest BCUT2D eigenvalue weighted by molar-refractivity contribution is 5.93. The second kappa shape index (κ2) is 7.31. The zero-order chi connectivity index (χ0) is 17.0. The summed E-state index contributed by atoms with van der Waals surface area (Å²) in [6.45, 7) is 4.87. The summed E-state index contributed by atoms with van der Waals surface area (Å²) < 4.78 is 7.05. The van der Waals surface area contributed by atoms with E-state index in [1.54, 1.807) is 16.7 Å². The highest BCUT2D eigenvalue weighted by Crippen LogP contribution is 2.26. The number of aryl methyl sites for hydroxylation is 2. The largest absolute Gasteiger partial charge is 0.496 e. The van der Waals surface area contributed by atoms with E-state index in [9.17, 15) is 4.79 Å². The van der Waals surface area contributed by atoms with Gasteiger partial charge in [0.25, 0.3) is 5.91 Å². The molecule has 0 aliphatic rings. The van der Waals surface area contributed by atoms with Crippen molar-refractivity contribution in [3.63, 3.8) is 0 Å². The van der Waals surface area contributed by atoms with E-state index in [4.69, 9.17) is 4.74 Å². The molecule has 1 aromatic carbocycles. The lowest BCUT2D eigenvalue weighted by atomic mass is 10.1. The van der Waals surface area contributed by atoms with Crippen LogP contribution < -0.4 is 4.74 Å². The monoisotopic (exact) mass is 315 g/mol. The number of benzene rings is 1. The van der Waals surface area contributed by atoms with Crippen LogP contribution in [0.1, 0.15) is 35.8 Å². The molecular weight excluding hydrogens is 290 g/mol. The number of ether oxygens (including phenoxy) is 1. The second-order valence-corrected chi connectivity index (χ2v) is 5.80. The number of amides is 1. The Morgan fingerprint density at radius 1 is 1.35 bits per heavy atom. The Labute approximate surface area is 137 Å². The van der Waals surface area contributed by atoms with Crippen LogP contribution in [0, 0.1) is 6.92 Å². The normalized spacial score (nSPS) is 10.7. The van der Waals surface area contributed by atoms with Crippen LogP contribution in [0.4, 0.5) is 0 Å². The fraction of sp³-hybridized carbons (Fsp3) is 0.444. The molecule has 0 aliphatic carbocycles. The SMILES string of the molecule is CCCCN(C)C(=O)c1cc(-c2ccc(OC)c(C)c2)n(C)n1. The van der Waals surface area contributed by atoms with Gasteiger partial charge >= 0.3 is 0 Å². The maximum absolute atomic E-state index is 12.4. The Hall–Kier alpha value is -2.30. The molecule has 0 atom stereocenters. The van der Waals surface area contributed by atoms with Gasteiger partial charge in [-0.15, -0.1) is 0 Å². The number of nitrogens with zero attached hydrogens (tertiary/aromatic N) is 3. The van der Waals surface area contributed by atoms with Gasteiger partial charge in [0.1, 0.15) is 5.75 Å². The molecule has 0 N–H and O–H groups in total. The molecular formula is C18H25N3O2. The van der Waals surface area contributed by atoms with Crippen molar-refractivity contribution < 1.29 is 9.53 Å². The molecule has 1 heterocycles. The van der Waals surface area contributed by atoms with E-state index in [-0.39, 0.29) is 5.91 Å². The maximum atomic E-state index is 12.4.